The molecule has 0 atom stereocenters. The zero-order valence-electron chi connectivity index (χ0n) is 11.6. The molecule has 0 aliphatic carbocycles. The molecule has 108 valence electrons. The zero-order chi connectivity index (χ0) is 14.5. The Bertz CT molecular complexity index is 500. The zero-order valence-corrected chi connectivity index (χ0v) is 12.4. The number of anilines is 1. The number of rotatable bonds is 7. The molecule has 19 heavy (non-hydrogen) atoms. The van der Waals surface area contributed by atoms with E-state index in [-0.39, 0.29) is 17.5 Å². The number of nitrogens with zero attached hydrogens (tertiary/aromatic N) is 1. The standard InChI is InChI=1S/C13H22N2O3S/c1-11(2)15(9-6-10-16)19(17,18)13-8-5-4-7-12(13)14-3/h4-5,7-8,11,14,16H,6,9-10H2,1-3H3. The van der Waals surface area contributed by atoms with Crippen LogP contribution in [0, 0.1) is 0 Å². The molecule has 5 nitrogen and oxygen atoms in total. The van der Waals surface area contributed by atoms with E-state index in [4.69, 9.17) is 5.11 Å². The van der Waals surface area contributed by atoms with E-state index in [0.29, 0.717) is 18.7 Å². The van der Waals surface area contributed by atoms with Crippen molar-refractivity contribution in [3.63, 3.8) is 0 Å². The molecule has 0 fully saturated rings. The lowest BCUT2D eigenvalue weighted by Crippen LogP contribution is -2.38. The molecule has 2 N–H and O–H groups in total. The number of hydrogen-bond donors (Lipinski definition) is 2. The van der Waals surface area contributed by atoms with E-state index in [0.717, 1.165) is 0 Å². The Balaban J connectivity index is 3.19. The minimum atomic E-state index is -3.56. The summed E-state index contributed by atoms with van der Waals surface area (Å²) >= 11 is 0. The molecular formula is C13H22N2O3S. The summed E-state index contributed by atoms with van der Waals surface area (Å²) in [6.07, 6.45) is 0.430. The predicted octanol–water partition coefficient (Wildman–Crippen LogP) is 1.51. The highest BCUT2D eigenvalue weighted by Crippen LogP contribution is 2.25. The summed E-state index contributed by atoms with van der Waals surface area (Å²) in [5.41, 5.74) is 0.581. The lowest BCUT2D eigenvalue weighted by atomic mass is 10.3. The fraction of sp³-hybridized carbons (Fsp3) is 0.538. The second-order valence-electron chi connectivity index (χ2n) is 4.53. The van der Waals surface area contributed by atoms with Crippen LogP contribution in [-0.2, 0) is 10.0 Å². The van der Waals surface area contributed by atoms with Gasteiger partial charge in [0.1, 0.15) is 4.90 Å². The van der Waals surface area contributed by atoms with Crippen molar-refractivity contribution in [1.82, 2.24) is 4.31 Å². The molecule has 0 aromatic heterocycles. The van der Waals surface area contributed by atoms with Crippen molar-refractivity contribution < 1.29 is 13.5 Å². The van der Waals surface area contributed by atoms with Crippen LogP contribution in [0.25, 0.3) is 0 Å². The molecule has 0 unspecified atom stereocenters. The average molecular weight is 286 g/mol. The number of hydrogen-bond acceptors (Lipinski definition) is 4. The van der Waals surface area contributed by atoms with Crippen molar-refractivity contribution in [3.05, 3.63) is 24.3 Å². The van der Waals surface area contributed by atoms with E-state index in [1.807, 2.05) is 13.8 Å². The molecule has 0 bridgehead atoms. The van der Waals surface area contributed by atoms with Gasteiger partial charge in [0.05, 0.1) is 5.69 Å². The Morgan fingerprint density at radius 3 is 2.47 bits per heavy atom. The van der Waals surface area contributed by atoms with Crippen LogP contribution in [0.4, 0.5) is 5.69 Å². The van der Waals surface area contributed by atoms with Crippen molar-refractivity contribution in [3.8, 4) is 0 Å². The number of benzene rings is 1. The van der Waals surface area contributed by atoms with E-state index in [2.05, 4.69) is 5.32 Å². The maximum Gasteiger partial charge on any atom is 0.245 e. The largest absolute Gasteiger partial charge is 0.396 e. The molecule has 0 aliphatic heterocycles. The Kier molecular flexibility index (Phi) is 5.78. The summed E-state index contributed by atoms with van der Waals surface area (Å²) in [7, 11) is -1.86. The minimum Gasteiger partial charge on any atom is -0.396 e. The molecule has 0 aliphatic rings. The summed E-state index contributed by atoms with van der Waals surface area (Å²) in [4.78, 5) is 0.268. The average Bonchev–Trinajstić information content (AvgIpc) is 2.38. The third-order valence-corrected chi connectivity index (χ3v) is 4.99. The van der Waals surface area contributed by atoms with Crippen LogP contribution in [0.3, 0.4) is 0 Å². The van der Waals surface area contributed by atoms with Crippen molar-refractivity contribution in [2.24, 2.45) is 0 Å². The maximum atomic E-state index is 12.7. The second-order valence-corrected chi connectivity index (χ2v) is 6.39. The normalized spacial score (nSPS) is 12.1. The number of nitrogens with one attached hydrogen (secondary N) is 1. The van der Waals surface area contributed by atoms with Crippen molar-refractivity contribution in [2.75, 3.05) is 25.5 Å². The Morgan fingerprint density at radius 1 is 1.32 bits per heavy atom. The molecule has 6 heteroatoms. The van der Waals surface area contributed by atoms with Crippen LogP contribution in [-0.4, -0.2) is 44.1 Å². The van der Waals surface area contributed by atoms with E-state index in [1.165, 1.54) is 4.31 Å². The highest BCUT2D eigenvalue weighted by molar-refractivity contribution is 7.89. The smallest absolute Gasteiger partial charge is 0.245 e. The van der Waals surface area contributed by atoms with Crippen LogP contribution >= 0.6 is 0 Å². The van der Waals surface area contributed by atoms with E-state index in [1.54, 1.807) is 31.3 Å². The van der Waals surface area contributed by atoms with Crippen LogP contribution in [0.1, 0.15) is 20.3 Å². The first-order valence-electron chi connectivity index (χ1n) is 6.34. The lowest BCUT2D eigenvalue weighted by Gasteiger charge is -2.26. The molecular weight excluding hydrogens is 264 g/mol. The third kappa shape index (κ3) is 3.68. The van der Waals surface area contributed by atoms with Gasteiger partial charge in [-0.15, -0.1) is 0 Å². The quantitative estimate of drug-likeness (QED) is 0.797. The van der Waals surface area contributed by atoms with E-state index < -0.39 is 10.0 Å². The van der Waals surface area contributed by atoms with Crippen LogP contribution in [0.2, 0.25) is 0 Å². The first kappa shape index (κ1) is 15.9. The van der Waals surface area contributed by atoms with Crippen LogP contribution in [0.15, 0.2) is 29.2 Å². The monoisotopic (exact) mass is 286 g/mol. The predicted molar refractivity (Wildman–Crippen MR) is 76.7 cm³/mol. The molecule has 1 rings (SSSR count). The maximum absolute atomic E-state index is 12.7. The summed E-state index contributed by atoms with van der Waals surface area (Å²) < 4.78 is 26.7. The van der Waals surface area contributed by atoms with Gasteiger partial charge in [0.2, 0.25) is 10.0 Å². The van der Waals surface area contributed by atoms with Crippen molar-refractivity contribution in [1.29, 1.82) is 0 Å². The van der Waals surface area contributed by atoms with Gasteiger partial charge in [-0.05, 0) is 32.4 Å². The molecule has 1 aromatic carbocycles. The third-order valence-electron chi connectivity index (χ3n) is 2.86. The SMILES string of the molecule is CNc1ccccc1S(=O)(=O)N(CCCO)C(C)C. The van der Waals surface area contributed by atoms with Gasteiger partial charge in [0.25, 0.3) is 0 Å². The van der Waals surface area contributed by atoms with Gasteiger partial charge < -0.3 is 10.4 Å². The number of para-hydroxylation sites is 1. The molecule has 0 spiro atoms. The fourth-order valence-corrected chi connectivity index (χ4v) is 3.78. The van der Waals surface area contributed by atoms with Crippen molar-refractivity contribution >= 4 is 15.7 Å². The van der Waals surface area contributed by atoms with Gasteiger partial charge in [0, 0.05) is 26.2 Å². The van der Waals surface area contributed by atoms with Gasteiger partial charge >= 0.3 is 0 Å². The lowest BCUT2D eigenvalue weighted by molar-refractivity contribution is 0.258. The summed E-state index contributed by atoms with van der Waals surface area (Å²) in [6, 6.07) is 6.67. The highest BCUT2D eigenvalue weighted by atomic mass is 32.2. The Hall–Kier alpha value is -1.11. The summed E-state index contributed by atoms with van der Waals surface area (Å²) in [5.74, 6) is 0. The van der Waals surface area contributed by atoms with Crippen LogP contribution in [0.5, 0.6) is 0 Å². The first-order valence-corrected chi connectivity index (χ1v) is 7.78. The Morgan fingerprint density at radius 2 is 1.95 bits per heavy atom. The molecule has 0 amide bonds. The van der Waals surface area contributed by atoms with Gasteiger partial charge in [-0.3, -0.25) is 0 Å². The molecule has 0 saturated heterocycles. The van der Waals surface area contributed by atoms with E-state index in [9.17, 15) is 8.42 Å². The minimum absolute atomic E-state index is 0.0214. The molecule has 0 saturated carbocycles. The second kappa shape index (κ2) is 6.88. The number of aliphatic hydroxyl groups excluding tert-OH is 1. The van der Waals surface area contributed by atoms with Crippen molar-refractivity contribution in [2.45, 2.75) is 31.2 Å². The topological polar surface area (TPSA) is 69.6 Å². The van der Waals surface area contributed by atoms with Gasteiger partial charge in [-0.1, -0.05) is 12.1 Å². The molecule has 1 aromatic rings. The molecule has 0 heterocycles. The van der Waals surface area contributed by atoms with Gasteiger partial charge in [0.15, 0.2) is 0 Å². The van der Waals surface area contributed by atoms with Gasteiger partial charge in [-0.2, -0.15) is 4.31 Å². The fourth-order valence-electron chi connectivity index (χ4n) is 1.91. The highest BCUT2D eigenvalue weighted by Gasteiger charge is 2.28. The summed E-state index contributed by atoms with van der Waals surface area (Å²) in [6.45, 7) is 3.95. The Labute approximate surface area is 115 Å². The van der Waals surface area contributed by atoms with Crippen LogP contribution < -0.4 is 5.32 Å². The van der Waals surface area contributed by atoms with Gasteiger partial charge in [-0.25, -0.2) is 8.42 Å². The van der Waals surface area contributed by atoms with E-state index >= 15 is 0 Å². The number of aliphatic hydroxyl groups is 1. The number of sulfonamides is 1. The first-order chi connectivity index (χ1) is 8.95. The summed E-state index contributed by atoms with van der Waals surface area (Å²) in [5, 5.41) is 11.8. The molecule has 0 radical (unpaired) electrons.